The SMILES string of the molecule is CC=CC1=C(C)C(=O)c2ccccc2C1=O. The molecule has 0 amide bonds. The second-order valence-electron chi connectivity index (χ2n) is 3.74. The highest BCUT2D eigenvalue weighted by Gasteiger charge is 2.27. The van der Waals surface area contributed by atoms with Crippen LogP contribution in [0, 0.1) is 0 Å². The summed E-state index contributed by atoms with van der Waals surface area (Å²) in [5.74, 6) is -0.117. The Labute approximate surface area is 94.3 Å². The summed E-state index contributed by atoms with van der Waals surface area (Å²) < 4.78 is 0. The zero-order valence-corrected chi connectivity index (χ0v) is 9.28. The van der Waals surface area contributed by atoms with Crippen molar-refractivity contribution in [1.82, 2.24) is 0 Å². The second-order valence-corrected chi connectivity index (χ2v) is 3.74. The van der Waals surface area contributed by atoms with Crippen LogP contribution in [-0.4, -0.2) is 11.6 Å². The topological polar surface area (TPSA) is 34.1 Å². The zero-order chi connectivity index (χ0) is 11.7. The Balaban J connectivity index is 2.68. The fourth-order valence-electron chi connectivity index (χ4n) is 1.89. The van der Waals surface area contributed by atoms with Crippen molar-refractivity contribution in [2.75, 3.05) is 0 Å². The van der Waals surface area contributed by atoms with Gasteiger partial charge in [0.05, 0.1) is 0 Å². The van der Waals surface area contributed by atoms with Crippen LogP contribution in [0.2, 0.25) is 0 Å². The first kappa shape index (κ1) is 10.6. The summed E-state index contributed by atoms with van der Waals surface area (Å²) in [7, 11) is 0. The maximum atomic E-state index is 12.1. The molecule has 0 aromatic heterocycles. The van der Waals surface area contributed by atoms with E-state index in [0.717, 1.165) is 0 Å². The van der Waals surface area contributed by atoms with E-state index in [1.165, 1.54) is 0 Å². The van der Waals surface area contributed by atoms with Crippen molar-refractivity contribution >= 4 is 11.6 Å². The highest BCUT2D eigenvalue weighted by molar-refractivity contribution is 6.27. The molecule has 2 nitrogen and oxygen atoms in total. The number of rotatable bonds is 1. The number of ketones is 2. The molecule has 1 aromatic rings. The van der Waals surface area contributed by atoms with Gasteiger partial charge < -0.3 is 0 Å². The van der Waals surface area contributed by atoms with E-state index in [-0.39, 0.29) is 11.6 Å². The molecule has 0 aliphatic heterocycles. The lowest BCUT2D eigenvalue weighted by atomic mass is 9.84. The number of carbonyl (C=O) groups excluding carboxylic acids is 2. The van der Waals surface area contributed by atoms with E-state index in [1.54, 1.807) is 43.3 Å². The molecule has 1 aromatic carbocycles. The maximum absolute atomic E-state index is 12.1. The van der Waals surface area contributed by atoms with Crippen LogP contribution in [0.5, 0.6) is 0 Å². The molecule has 16 heavy (non-hydrogen) atoms. The minimum absolute atomic E-state index is 0.0525. The van der Waals surface area contributed by atoms with E-state index >= 15 is 0 Å². The minimum atomic E-state index is -0.0641. The van der Waals surface area contributed by atoms with Gasteiger partial charge in [0.1, 0.15) is 0 Å². The first-order valence-corrected chi connectivity index (χ1v) is 5.18. The van der Waals surface area contributed by atoms with Crippen LogP contribution in [0.4, 0.5) is 0 Å². The monoisotopic (exact) mass is 212 g/mol. The number of allylic oxidation sites excluding steroid dienone is 4. The van der Waals surface area contributed by atoms with Gasteiger partial charge >= 0.3 is 0 Å². The predicted molar refractivity (Wildman–Crippen MR) is 62.6 cm³/mol. The molecule has 2 rings (SSSR count). The van der Waals surface area contributed by atoms with Gasteiger partial charge in [-0.1, -0.05) is 36.4 Å². The molecule has 0 saturated heterocycles. The molecule has 0 atom stereocenters. The van der Waals surface area contributed by atoms with E-state index in [4.69, 9.17) is 0 Å². The van der Waals surface area contributed by atoms with E-state index < -0.39 is 0 Å². The Kier molecular flexibility index (Phi) is 2.57. The van der Waals surface area contributed by atoms with Crippen LogP contribution in [0.15, 0.2) is 47.6 Å². The molecule has 0 fully saturated rings. The summed E-state index contributed by atoms with van der Waals surface area (Å²) in [6.45, 7) is 3.53. The third-order valence-corrected chi connectivity index (χ3v) is 2.74. The predicted octanol–water partition coefficient (Wildman–Crippen LogP) is 2.96. The van der Waals surface area contributed by atoms with Gasteiger partial charge in [0.2, 0.25) is 0 Å². The molecule has 0 radical (unpaired) electrons. The molecule has 0 saturated carbocycles. The molecule has 80 valence electrons. The number of Topliss-reactive ketones (excluding diaryl/α,β-unsaturated/α-hetero) is 2. The zero-order valence-electron chi connectivity index (χ0n) is 9.28. The van der Waals surface area contributed by atoms with Crippen LogP contribution in [0.1, 0.15) is 34.6 Å². The van der Waals surface area contributed by atoms with Gasteiger partial charge in [0.15, 0.2) is 11.6 Å². The summed E-state index contributed by atoms with van der Waals surface area (Å²) in [6.07, 6.45) is 3.48. The maximum Gasteiger partial charge on any atom is 0.194 e. The molecule has 0 spiro atoms. The van der Waals surface area contributed by atoms with Crippen molar-refractivity contribution in [2.24, 2.45) is 0 Å². The Hall–Kier alpha value is -1.96. The summed E-state index contributed by atoms with van der Waals surface area (Å²) in [5, 5.41) is 0. The average molecular weight is 212 g/mol. The van der Waals surface area contributed by atoms with Crippen LogP contribution in [0.25, 0.3) is 0 Å². The Bertz CT molecular complexity index is 533. The second kappa shape index (κ2) is 3.89. The number of fused-ring (bicyclic) bond motifs is 1. The highest BCUT2D eigenvalue weighted by atomic mass is 16.1. The summed E-state index contributed by atoms with van der Waals surface area (Å²) in [6, 6.07) is 6.95. The van der Waals surface area contributed by atoms with Crippen molar-refractivity contribution in [2.45, 2.75) is 13.8 Å². The van der Waals surface area contributed by atoms with E-state index in [2.05, 4.69) is 0 Å². The third-order valence-electron chi connectivity index (χ3n) is 2.74. The first-order valence-electron chi connectivity index (χ1n) is 5.18. The summed E-state index contributed by atoms with van der Waals surface area (Å²) >= 11 is 0. The van der Waals surface area contributed by atoms with Crippen molar-refractivity contribution in [3.63, 3.8) is 0 Å². The van der Waals surface area contributed by atoms with Crippen LogP contribution < -0.4 is 0 Å². The molecule has 0 unspecified atom stereocenters. The molecule has 0 N–H and O–H groups in total. The Morgan fingerprint density at radius 1 is 1.00 bits per heavy atom. The Morgan fingerprint density at radius 2 is 1.56 bits per heavy atom. The van der Waals surface area contributed by atoms with Gasteiger partial charge in [0, 0.05) is 22.3 Å². The van der Waals surface area contributed by atoms with Gasteiger partial charge in [-0.3, -0.25) is 9.59 Å². The molecule has 0 bridgehead atoms. The lowest BCUT2D eigenvalue weighted by molar-refractivity contribution is 0.0978. The Morgan fingerprint density at radius 3 is 2.12 bits per heavy atom. The molecule has 2 heteroatoms. The van der Waals surface area contributed by atoms with Crippen LogP contribution in [0.3, 0.4) is 0 Å². The molecule has 1 aliphatic rings. The van der Waals surface area contributed by atoms with E-state index in [9.17, 15) is 9.59 Å². The molecule has 1 aliphatic carbocycles. The lowest BCUT2D eigenvalue weighted by Gasteiger charge is -2.16. The summed E-state index contributed by atoms with van der Waals surface area (Å²) in [5.41, 5.74) is 2.05. The number of hydrogen-bond acceptors (Lipinski definition) is 2. The highest BCUT2D eigenvalue weighted by Crippen LogP contribution is 2.26. The average Bonchev–Trinajstić information content (AvgIpc) is 2.32. The van der Waals surface area contributed by atoms with Crippen LogP contribution >= 0.6 is 0 Å². The number of carbonyl (C=O) groups is 2. The largest absolute Gasteiger partial charge is 0.289 e. The number of benzene rings is 1. The quantitative estimate of drug-likeness (QED) is 0.717. The van der Waals surface area contributed by atoms with Gasteiger partial charge in [-0.15, -0.1) is 0 Å². The van der Waals surface area contributed by atoms with Gasteiger partial charge in [0.25, 0.3) is 0 Å². The molecular formula is C14H12O2. The van der Waals surface area contributed by atoms with Gasteiger partial charge in [-0.25, -0.2) is 0 Å². The van der Waals surface area contributed by atoms with Crippen molar-refractivity contribution in [3.05, 3.63) is 58.7 Å². The van der Waals surface area contributed by atoms with Crippen molar-refractivity contribution < 1.29 is 9.59 Å². The molecular weight excluding hydrogens is 200 g/mol. The summed E-state index contributed by atoms with van der Waals surface area (Å²) in [4.78, 5) is 24.1. The van der Waals surface area contributed by atoms with Crippen molar-refractivity contribution in [1.29, 1.82) is 0 Å². The smallest absolute Gasteiger partial charge is 0.194 e. The van der Waals surface area contributed by atoms with Crippen molar-refractivity contribution in [3.8, 4) is 0 Å². The van der Waals surface area contributed by atoms with E-state index in [0.29, 0.717) is 22.3 Å². The fraction of sp³-hybridized carbons (Fsp3) is 0.143. The first-order chi connectivity index (χ1) is 7.66. The van der Waals surface area contributed by atoms with E-state index in [1.807, 2.05) is 6.92 Å². The molecule has 0 heterocycles. The van der Waals surface area contributed by atoms with Gasteiger partial charge in [-0.05, 0) is 13.8 Å². The normalized spacial score (nSPS) is 15.9. The minimum Gasteiger partial charge on any atom is -0.289 e. The standard InChI is InChI=1S/C14H12O2/c1-3-6-10-9(2)13(15)11-7-4-5-8-12(11)14(10)16/h3-8H,1-2H3. The number of hydrogen-bond donors (Lipinski definition) is 0. The lowest BCUT2D eigenvalue weighted by Crippen LogP contribution is -2.19. The fourth-order valence-corrected chi connectivity index (χ4v) is 1.89. The van der Waals surface area contributed by atoms with Crippen LogP contribution in [-0.2, 0) is 0 Å². The third kappa shape index (κ3) is 1.43. The van der Waals surface area contributed by atoms with Gasteiger partial charge in [-0.2, -0.15) is 0 Å².